The summed E-state index contributed by atoms with van der Waals surface area (Å²) < 4.78 is 6.34. The molecule has 2 rings (SSSR count). The summed E-state index contributed by atoms with van der Waals surface area (Å²) in [7, 11) is 0. The second kappa shape index (κ2) is 12.0. The smallest absolute Gasteiger partial charge is 0.351 e. The van der Waals surface area contributed by atoms with E-state index in [1.54, 1.807) is 0 Å². The molecule has 0 saturated carbocycles. The molecule has 9 heteroatoms. The number of carbonyl (C=O) groups excluding carboxylic acids is 1. The zero-order valence-electron chi connectivity index (χ0n) is 17.0. The van der Waals surface area contributed by atoms with Crippen LogP contribution in [0, 0.1) is 0 Å². The molecule has 164 valence electrons. The number of unbranched alkanes of at least 4 members (excludes halogenated alkanes) is 7. The van der Waals surface area contributed by atoms with E-state index in [2.05, 4.69) is 17.2 Å². The summed E-state index contributed by atoms with van der Waals surface area (Å²) >= 11 is 0. The molecule has 0 aromatic carbocycles. The van der Waals surface area contributed by atoms with Crippen LogP contribution in [0.4, 0.5) is 5.82 Å². The molecule has 2 heterocycles. The van der Waals surface area contributed by atoms with Crippen LogP contribution in [0.1, 0.15) is 70.9 Å². The number of aliphatic hydroxyl groups excluding tert-OH is 3. The fraction of sp³-hybridized carbons (Fsp3) is 0.750. The van der Waals surface area contributed by atoms with Crippen LogP contribution in [0.15, 0.2) is 17.1 Å². The van der Waals surface area contributed by atoms with Gasteiger partial charge in [0.05, 0.1) is 6.61 Å². The summed E-state index contributed by atoms with van der Waals surface area (Å²) in [6, 6.07) is 1.43. The first-order valence-electron chi connectivity index (χ1n) is 10.5. The largest absolute Gasteiger partial charge is 0.394 e. The molecule has 4 N–H and O–H groups in total. The van der Waals surface area contributed by atoms with Gasteiger partial charge in [0.1, 0.15) is 24.1 Å². The van der Waals surface area contributed by atoms with Gasteiger partial charge in [0.15, 0.2) is 6.23 Å². The molecule has 29 heavy (non-hydrogen) atoms. The standard InChI is InChI=1S/C20H33N3O6/c1-2-3-4-5-6-7-8-9-10-16(25)21-15-11-12-23(20(28)22-15)19-18(27)17(26)14(13-24)29-19/h11-12,14,17-19,24,26-27H,2-10,13H2,1H3,(H,21,22,25,28)/t14-,17-,18+,19-/m1/s1. The van der Waals surface area contributed by atoms with Crippen LogP contribution in [-0.4, -0.2) is 55.7 Å². The Morgan fingerprint density at radius 1 is 1.14 bits per heavy atom. The van der Waals surface area contributed by atoms with Gasteiger partial charge >= 0.3 is 5.69 Å². The Bertz CT molecular complexity index is 695. The van der Waals surface area contributed by atoms with Crippen LogP contribution in [0.25, 0.3) is 0 Å². The van der Waals surface area contributed by atoms with Gasteiger partial charge in [0.25, 0.3) is 0 Å². The van der Waals surface area contributed by atoms with Crippen molar-refractivity contribution in [2.45, 2.75) is 89.3 Å². The Morgan fingerprint density at radius 3 is 2.38 bits per heavy atom. The highest BCUT2D eigenvalue weighted by Crippen LogP contribution is 2.28. The molecule has 1 fully saturated rings. The minimum Gasteiger partial charge on any atom is -0.394 e. The maximum Gasteiger partial charge on any atom is 0.351 e. The van der Waals surface area contributed by atoms with Gasteiger partial charge in [0, 0.05) is 12.6 Å². The maximum atomic E-state index is 12.2. The summed E-state index contributed by atoms with van der Waals surface area (Å²) in [6.07, 6.45) is 6.05. The first kappa shape index (κ1) is 23.5. The van der Waals surface area contributed by atoms with E-state index in [9.17, 15) is 19.8 Å². The van der Waals surface area contributed by atoms with Gasteiger partial charge in [-0.1, -0.05) is 51.9 Å². The fourth-order valence-corrected chi connectivity index (χ4v) is 3.41. The molecule has 9 nitrogen and oxygen atoms in total. The van der Waals surface area contributed by atoms with Crippen LogP contribution in [0.2, 0.25) is 0 Å². The van der Waals surface area contributed by atoms with Crippen LogP contribution < -0.4 is 11.0 Å². The summed E-state index contributed by atoms with van der Waals surface area (Å²) in [5.74, 6) is -0.0730. The quantitative estimate of drug-likeness (QED) is 0.381. The Kier molecular flexibility index (Phi) is 9.72. The van der Waals surface area contributed by atoms with Crippen molar-refractivity contribution in [1.82, 2.24) is 9.55 Å². The predicted octanol–water partition coefficient (Wildman–Crippen LogP) is 1.32. The number of amides is 1. The fourth-order valence-electron chi connectivity index (χ4n) is 3.41. The van der Waals surface area contributed by atoms with Crippen molar-refractivity contribution in [3.05, 3.63) is 22.7 Å². The number of carbonyl (C=O) groups is 1. The molecule has 1 aromatic rings. The van der Waals surface area contributed by atoms with Crippen molar-refractivity contribution in [3.63, 3.8) is 0 Å². The number of nitrogens with one attached hydrogen (secondary N) is 1. The van der Waals surface area contributed by atoms with E-state index in [-0.39, 0.29) is 11.7 Å². The molecule has 1 aliphatic heterocycles. The number of anilines is 1. The van der Waals surface area contributed by atoms with Crippen molar-refractivity contribution < 1.29 is 24.9 Å². The summed E-state index contributed by atoms with van der Waals surface area (Å²) in [6.45, 7) is 1.71. The van der Waals surface area contributed by atoms with Gasteiger partial charge in [0.2, 0.25) is 5.91 Å². The number of nitrogens with zero attached hydrogens (tertiary/aromatic N) is 2. The third kappa shape index (κ3) is 6.88. The average Bonchev–Trinajstić information content (AvgIpc) is 2.98. The molecule has 1 saturated heterocycles. The lowest BCUT2D eigenvalue weighted by Gasteiger charge is -2.17. The van der Waals surface area contributed by atoms with E-state index < -0.39 is 36.8 Å². The zero-order valence-corrected chi connectivity index (χ0v) is 17.0. The molecule has 1 amide bonds. The third-order valence-corrected chi connectivity index (χ3v) is 5.15. The summed E-state index contributed by atoms with van der Waals surface area (Å²) in [4.78, 5) is 28.1. The maximum absolute atomic E-state index is 12.2. The molecule has 0 unspecified atom stereocenters. The van der Waals surface area contributed by atoms with Gasteiger partial charge in [-0.05, 0) is 12.5 Å². The predicted molar refractivity (Wildman–Crippen MR) is 107 cm³/mol. The number of rotatable bonds is 12. The highest BCUT2D eigenvalue weighted by atomic mass is 16.6. The number of ether oxygens (including phenoxy) is 1. The molecule has 0 radical (unpaired) electrons. The van der Waals surface area contributed by atoms with Gasteiger partial charge in [-0.15, -0.1) is 0 Å². The van der Waals surface area contributed by atoms with E-state index in [0.29, 0.717) is 6.42 Å². The Balaban J connectivity index is 1.77. The number of aliphatic hydroxyl groups is 3. The van der Waals surface area contributed by atoms with Crippen molar-refractivity contribution in [1.29, 1.82) is 0 Å². The van der Waals surface area contributed by atoms with Crippen LogP contribution >= 0.6 is 0 Å². The molecule has 4 atom stereocenters. The lowest BCUT2D eigenvalue weighted by molar-refractivity contribution is -0.116. The third-order valence-electron chi connectivity index (χ3n) is 5.15. The van der Waals surface area contributed by atoms with Crippen molar-refractivity contribution >= 4 is 11.7 Å². The van der Waals surface area contributed by atoms with Crippen molar-refractivity contribution in [2.24, 2.45) is 0 Å². The highest BCUT2D eigenvalue weighted by Gasteiger charge is 2.43. The summed E-state index contributed by atoms with van der Waals surface area (Å²) in [5, 5.41) is 31.6. The van der Waals surface area contributed by atoms with Crippen LogP contribution in [0.5, 0.6) is 0 Å². The van der Waals surface area contributed by atoms with Gasteiger partial charge in [-0.2, -0.15) is 4.98 Å². The number of hydrogen-bond donors (Lipinski definition) is 4. The Labute approximate surface area is 170 Å². The van der Waals surface area contributed by atoms with E-state index in [1.807, 2.05) is 0 Å². The van der Waals surface area contributed by atoms with Crippen molar-refractivity contribution in [2.75, 3.05) is 11.9 Å². The van der Waals surface area contributed by atoms with Crippen LogP contribution in [-0.2, 0) is 9.53 Å². The molecule has 1 aromatic heterocycles. The minimum absolute atomic E-state index is 0.127. The molecule has 1 aliphatic rings. The molecular weight excluding hydrogens is 378 g/mol. The average molecular weight is 411 g/mol. The van der Waals surface area contributed by atoms with E-state index in [0.717, 1.165) is 23.8 Å². The SMILES string of the molecule is CCCCCCCCCCC(=O)Nc1ccn([C@@H]2O[C@H](CO)[C@@H](O)[C@@H]2O)c(=O)n1. The highest BCUT2D eigenvalue weighted by molar-refractivity contribution is 5.89. The normalized spacial score (nSPS) is 24.0. The lowest BCUT2D eigenvalue weighted by atomic mass is 10.1. The second-order valence-corrected chi connectivity index (χ2v) is 7.50. The first-order chi connectivity index (χ1) is 14.0. The number of hydrogen-bond acceptors (Lipinski definition) is 7. The van der Waals surface area contributed by atoms with Gasteiger partial charge in [-0.25, -0.2) is 4.79 Å². The zero-order chi connectivity index (χ0) is 21.2. The lowest BCUT2D eigenvalue weighted by Crippen LogP contribution is -2.36. The molecule has 0 bridgehead atoms. The minimum atomic E-state index is -1.37. The van der Waals surface area contributed by atoms with E-state index in [1.165, 1.54) is 44.4 Å². The molecule has 0 aliphatic carbocycles. The molecule has 0 spiro atoms. The van der Waals surface area contributed by atoms with E-state index in [4.69, 9.17) is 9.84 Å². The van der Waals surface area contributed by atoms with E-state index >= 15 is 0 Å². The van der Waals surface area contributed by atoms with Gasteiger partial charge < -0.3 is 25.4 Å². The molecular formula is C20H33N3O6. The van der Waals surface area contributed by atoms with Crippen LogP contribution in [0.3, 0.4) is 0 Å². The van der Waals surface area contributed by atoms with Crippen molar-refractivity contribution in [3.8, 4) is 0 Å². The Hall–Kier alpha value is -1.81. The second-order valence-electron chi connectivity index (χ2n) is 7.50. The summed E-state index contributed by atoms with van der Waals surface area (Å²) in [5.41, 5.74) is -0.732. The monoisotopic (exact) mass is 411 g/mol. The number of aromatic nitrogens is 2. The first-order valence-corrected chi connectivity index (χ1v) is 10.5. The Morgan fingerprint density at radius 2 is 1.79 bits per heavy atom. The van der Waals surface area contributed by atoms with Gasteiger partial charge in [-0.3, -0.25) is 9.36 Å². The topological polar surface area (TPSA) is 134 Å².